The molecule has 3 heteroatoms. The Balaban J connectivity index is 1.90. The summed E-state index contributed by atoms with van der Waals surface area (Å²) in [6.07, 6.45) is 13.2. The molecule has 2 nitrogen and oxygen atoms in total. The highest BCUT2D eigenvalue weighted by molar-refractivity contribution is 7.56. The van der Waals surface area contributed by atoms with Gasteiger partial charge in [-0.25, -0.2) is 4.98 Å². The van der Waals surface area contributed by atoms with Gasteiger partial charge in [-0.2, -0.15) is 0 Å². The van der Waals surface area contributed by atoms with Gasteiger partial charge in [0.15, 0.2) is 0 Å². The second-order valence-corrected chi connectivity index (χ2v) is 6.01. The molecule has 2 heterocycles. The fraction of sp³-hybridized carbons (Fsp3) is 0.625. The van der Waals surface area contributed by atoms with Gasteiger partial charge < -0.3 is 4.57 Å². The molecule has 1 aromatic heterocycles. The van der Waals surface area contributed by atoms with Crippen molar-refractivity contribution in [1.29, 1.82) is 0 Å². The summed E-state index contributed by atoms with van der Waals surface area (Å²) in [5.41, 5.74) is 0. The van der Waals surface area contributed by atoms with Gasteiger partial charge in [0.05, 0.1) is 18.7 Å². The summed E-state index contributed by atoms with van der Waals surface area (Å²) in [6, 6.07) is 0. The van der Waals surface area contributed by atoms with Gasteiger partial charge in [-0.05, 0) is 12.8 Å². The Bertz CT molecular complexity index is 202. The van der Waals surface area contributed by atoms with Crippen LogP contribution in [-0.2, 0) is 6.29 Å². The van der Waals surface area contributed by atoms with Gasteiger partial charge in [-0.1, -0.05) is 0 Å². The maximum absolute atomic E-state index is 4.04. The molecule has 0 aliphatic carbocycles. The van der Waals surface area contributed by atoms with Crippen LogP contribution in [0.4, 0.5) is 0 Å². The lowest BCUT2D eigenvalue weighted by Gasteiger charge is -2.01. The molecular formula is C8H14N2P+. The van der Waals surface area contributed by atoms with E-state index in [4.69, 9.17) is 0 Å². The van der Waals surface area contributed by atoms with E-state index in [0.717, 1.165) is 0 Å². The van der Waals surface area contributed by atoms with Crippen molar-refractivity contribution in [3.8, 4) is 0 Å². The number of rotatable bonds is 2. The third-order valence-electron chi connectivity index (χ3n) is 2.28. The van der Waals surface area contributed by atoms with E-state index >= 15 is 0 Å². The zero-order valence-corrected chi connectivity index (χ0v) is 7.66. The minimum absolute atomic E-state index is 0.0117. The van der Waals surface area contributed by atoms with Gasteiger partial charge in [-0.3, -0.25) is 0 Å². The van der Waals surface area contributed by atoms with E-state index in [2.05, 4.69) is 15.7 Å². The predicted molar refractivity (Wildman–Crippen MR) is 49.5 cm³/mol. The molecule has 0 N–H and O–H groups in total. The maximum atomic E-state index is 4.04. The van der Waals surface area contributed by atoms with Crippen molar-refractivity contribution in [3.05, 3.63) is 18.7 Å². The van der Waals surface area contributed by atoms with Gasteiger partial charge in [0, 0.05) is 20.3 Å². The summed E-state index contributed by atoms with van der Waals surface area (Å²) in [6.45, 7) is 0. The molecule has 0 bridgehead atoms. The quantitative estimate of drug-likeness (QED) is 0.618. The Kier molecular flexibility index (Phi) is 2.23. The first-order chi connectivity index (χ1) is 5.45. The minimum Gasteiger partial charge on any atom is -0.305 e. The molecule has 0 aromatic carbocycles. The molecule has 0 amide bonds. The van der Waals surface area contributed by atoms with Crippen LogP contribution in [-0.4, -0.2) is 21.9 Å². The monoisotopic (exact) mass is 169 g/mol. The molecule has 0 spiro atoms. The van der Waals surface area contributed by atoms with E-state index in [-0.39, 0.29) is 7.92 Å². The van der Waals surface area contributed by atoms with Crippen LogP contribution in [0.5, 0.6) is 0 Å². The van der Waals surface area contributed by atoms with E-state index in [1.807, 2.05) is 12.5 Å². The van der Waals surface area contributed by atoms with Crippen molar-refractivity contribution in [2.24, 2.45) is 0 Å². The Hall–Kier alpha value is -0.360. The molecule has 0 atom stereocenters. The predicted octanol–water partition coefficient (Wildman–Crippen LogP) is 1.85. The summed E-state index contributed by atoms with van der Waals surface area (Å²) >= 11 is 0. The van der Waals surface area contributed by atoms with Crippen molar-refractivity contribution in [2.75, 3.05) is 12.3 Å². The van der Waals surface area contributed by atoms with Gasteiger partial charge in [-0.15, -0.1) is 0 Å². The average molecular weight is 169 g/mol. The fourth-order valence-electron chi connectivity index (χ4n) is 1.67. The van der Waals surface area contributed by atoms with Crippen LogP contribution in [0.15, 0.2) is 18.7 Å². The zero-order valence-electron chi connectivity index (χ0n) is 6.66. The van der Waals surface area contributed by atoms with Crippen LogP contribution >= 0.6 is 7.92 Å². The molecule has 11 heavy (non-hydrogen) atoms. The van der Waals surface area contributed by atoms with E-state index in [9.17, 15) is 0 Å². The molecule has 0 saturated carbocycles. The molecule has 1 aliphatic heterocycles. The smallest absolute Gasteiger partial charge is 0.132 e. The van der Waals surface area contributed by atoms with Crippen LogP contribution in [0.1, 0.15) is 12.8 Å². The Labute approximate surface area is 68.4 Å². The minimum atomic E-state index is -0.0117. The first kappa shape index (κ1) is 7.30. The van der Waals surface area contributed by atoms with Crippen LogP contribution in [0.3, 0.4) is 0 Å². The van der Waals surface area contributed by atoms with Crippen molar-refractivity contribution in [2.45, 2.75) is 19.1 Å². The number of hydrogen-bond donors (Lipinski definition) is 0. The molecule has 1 fully saturated rings. The van der Waals surface area contributed by atoms with Gasteiger partial charge in [0.2, 0.25) is 0 Å². The van der Waals surface area contributed by atoms with Crippen molar-refractivity contribution in [1.82, 2.24) is 9.55 Å². The highest BCUT2D eigenvalue weighted by atomic mass is 31.1. The molecule has 0 radical (unpaired) electrons. The summed E-state index contributed by atoms with van der Waals surface area (Å²) in [7, 11) is -0.0117. The largest absolute Gasteiger partial charge is 0.305 e. The number of nitrogens with zero attached hydrogens (tertiary/aromatic N) is 2. The highest BCUT2D eigenvalue weighted by Crippen LogP contribution is 2.44. The van der Waals surface area contributed by atoms with Crippen LogP contribution in [0, 0.1) is 0 Å². The first-order valence-electron chi connectivity index (χ1n) is 4.24. The molecule has 1 aliphatic rings. The summed E-state index contributed by atoms with van der Waals surface area (Å²) < 4.78 is 2.24. The number of imidazole rings is 1. The van der Waals surface area contributed by atoms with Crippen LogP contribution in [0.25, 0.3) is 0 Å². The highest BCUT2D eigenvalue weighted by Gasteiger charge is 2.21. The third-order valence-corrected chi connectivity index (χ3v) is 5.21. The van der Waals surface area contributed by atoms with E-state index in [1.165, 1.54) is 31.5 Å². The van der Waals surface area contributed by atoms with Crippen LogP contribution in [0.2, 0.25) is 0 Å². The normalized spacial score (nSPS) is 19.3. The molecule has 60 valence electrons. The van der Waals surface area contributed by atoms with Crippen molar-refractivity contribution < 1.29 is 0 Å². The Morgan fingerprint density at radius 3 is 2.82 bits per heavy atom. The molecule has 1 aromatic rings. The van der Waals surface area contributed by atoms with Gasteiger partial charge >= 0.3 is 0 Å². The first-order valence-corrected chi connectivity index (χ1v) is 6.36. The van der Waals surface area contributed by atoms with Crippen molar-refractivity contribution >= 4 is 7.92 Å². The molecule has 1 saturated heterocycles. The third kappa shape index (κ3) is 1.81. The molecule has 2 rings (SSSR count). The topological polar surface area (TPSA) is 17.8 Å². The lowest BCUT2D eigenvalue weighted by atomic mass is 10.4. The van der Waals surface area contributed by atoms with Gasteiger partial charge in [0.1, 0.15) is 6.29 Å². The van der Waals surface area contributed by atoms with E-state index in [0.29, 0.717) is 0 Å². The van der Waals surface area contributed by atoms with E-state index < -0.39 is 0 Å². The average Bonchev–Trinajstić information content (AvgIpc) is 2.60. The summed E-state index contributed by atoms with van der Waals surface area (Å²) in [5, 5.41) is 0. The second kappa shape index (κ2) is 3.36. The SMILES string of the molecule is c1cn(C[PH+]2CCCC2)cn1. The Morgan fingerprint density at radius 1 is 1.36 bits per heavy atom. The Morgan fingerprint density at radius 2 is 2.18 bits per heavy atom. The zero-order chi connectivity index (χ0) is 7.52. The van der Waals surface area contributed by atoms with Crippen molar-refractivity contribution in [3.63, 3.8) is 0 Å². The number of aromatic nitrogens is 2. The fourth-order valence-corrected chi connectivity index (χ4v) is 4.44. The van der Waals surface area contributed by atoms with Crippen LogP contribution < -0.4 is 0 Å². The molecule has 0 unspecified atom stereocenters. The lowest BCUT2D eigenvalue weighted by molar-refractivity contribution is 0.878. The van der Waals surface area contributed by atoms with E-state index in [1.54, 1.807) is 0 Å². The lowest BCUT2D eigenvalue weighted by Crippen LogP contribution is -1.93. The summed E-state index contributed by atoms with van der Waals surface area (Å²) in [4.78, 5) is 4.04. The maximum Gasteiger partial charge on any atom is 0.132 e. The number of hydrogen-bond acceptors (Lipinski definition) is 1. The standard InChI is InChI=1S/C8H13N2P/c1-2-6-11(5-1)8-10-4-3-9-7-10/h3-4,7H,1-2,5-6,8H2/p+1. The second-order valence-electron chi connectivity index (χ2n) is 3.19. The summed E-state index contributed by atoms with van der Waals surface area (Å²) in [5.74, 6) is 0. The molecular weight excluding hydrogens is 155 g/mol. The van der Waals surface area contributed by atoms with Gasteiger partial charge in [0.25, 0.3) is 0 Å².